The van der Waals surface area contributed by atoms with Gasteiger partial charge in [-0.25, -0.2) is 9.97 Å². The van der Waals surface area contributed by atoms with Crippen LogP contribution in [0.5, 0.6) is 0 Å². The van der Waals surface area contributed by atoms with Crippen molar-refractivity contribution < 1.29 is 0 Å². The molecule has 0 unspecified atom stereocenters. The minimum Gasteiger partial charge on any atom is -0.236 e. The number of halogens is 3. The maximum atomic E-state index is 4.24. The molecule has 0 N–H and O–H groups in total. The van der Waals surface area contributed by atoms with Crippen LogP contribution in [-0.2, 0) is 0 Å². The van der Waals surface area contributed by atoms with Gasteiger partial charge in [0.05, 0.1) is 5.52 Å². The van der Waals surface area contributed by atoms with E-state index in [0.29, 0.717) is 0 Å². The van der Waals surface area contributed by atoms with Crippen LogP contribution in [0, 0.1) is 10.8 Å². The van der Waals surface area contributed by atoms with Crippen LogP contribution in [-0.4, -0.2) is 9.97 Å². The number of nitrogens with zero attached hydrogens (tertiary/aromatic N) is 2. The first-order valence-corrected chi connectivity index (χ1v) is 6.67. The molecular weight excluding hydrogens is 505 g/mol. The van der Waals surface area contributed by atoms with Crippen molar-refractivity contribution in [3.05, 3.63) is 29.3 Å². The molecule has 1 heterocycles. The summed E-state index contributed by atoms with van der Waals surface area (Å²) in [6.45, 7) is 0. The van der Waals surface area contributed by atoms with Crippen molar-refractivity contribution in [2.24, 2.45) is 0 Å². The van der Waals surface area contributed by atoms with Crippen LogP contribution >= 0.6 is 67.8 Å². The Morgan fingerprint density at radius 2 is 1.77 bits per heavy atom. The number of rotatable bonds is 0. The molecule has 13 heavy (non-hydrogen) atoms. The summed E-state index contributed by atoms with van der Waals surface area (Å²) in [6.07, 6.45) is 1.61. The van der Waals surface area contributed by atoms with E-state index < -0.39 is 0 Å². The largest absolute Gasteiger partial charge is 0.236 e. The molecule has 0 radical (unpaired) electrons. The molecule has 66 valence electrons. The topological polar surface area (TPSA) is 25.8 Å². The molecule has 0 aliphatic rings. The third-order valence-electron chi connectivity index (χ3n) is 1.61. The molecule has 0 aliphatic heterocycles. The average Bonchev–Trinajstić information content (AvgIpc) is 2.02. The van der Waals surface area contributed by atoms with Gasteiger partial charge in [-0.2, -0.15) is 0 Å². The summed E-state index contributed by atoms with van der Waals surface area (Å²) in [5.41, 5.74) is 1.02. The highest BCUT2D eigenvalue weighted by Crippen LogP contribution is 2.24. The Balaban J connectivity index is 2.94. The van der Waals surface area contributed by atoms with E-state index in [1.807, 2.05) is 0 Å². The summed E-state index contributed by atoms with van der Waals surface area (Å²) >= 11 is 6.85. The number of benzene rings is 1. The minimum absolute atomic E-state index is 1.02. The van der Waals surface area contributed by atoms with Crippen molar-refractivity contribution in [2.75, 3.05) is 0 Å². The van der Waals surface area contributed by atoms with E-state index in [2.05, 4.69) is 89.9 Å². The van der Waals surface area contributed by atoms with Gasteiger partial charge in [0.2, 0.25) is 0 Å². The molecule has 0 saturated carbocycles. The second kappa shape index (κ2) is 4.09. The molecule has 0 spiro atoms. The lowest BCUT2D eigenvalue weighted by Gasteiger charge is -2.02. The molecule has 0 amide bonds. The molecule has 0 bridgehead atoms. The first-order chi connectivity index (χ1) is 6.18. The standard InChI is InChI=1S/C8H3I3N2/c9-4-1-5(10)7-6(2-4)12-3-13-8(7)11/h1-3H. The molecule has 2 nitrogen and oxygen atoms in total. The highest BCUT2D eigenvalue weighted by atomic mass is 127. The van der Waals surface area contributed by atoms with Crippen molar-refractivity contribution in [2.45, 2.75) is 0 Å². The quantitative estimate of drug-likeness (QED) is 0.403. The predicted molar refractivity (Wildman–Crippen MR) is 77.7 cm³/mol. The van der Waals surface area contributed by atoms with E-state index in [1.165, 1.54) is 7.14 Å². The average molecular weight is 508 g/mol. The highest BCUT2D eigenvalue weighted by molar-refractivity contribution is 14.1. The molecule has 2 aromatic rings. The second-order valence-electron chi connectivity index (χ2n) is 2.45. The fourth-order valence-corrected chi connectivity index (χ4v) is 4.35. The number of hydrogen-bond donors (Lipinski definition) is 0. The zero-order chi connectivity index (χ0) is 9.42. The van der Waals surface area contributed by atoms with E-state index >= 15 is 0 Å². The summed E-state index contributed by atoms with van der Waals surface area (Å²) in [6, 6.07) is 4.21. The van der Waals surface area contributed by atoms with Gasteiger partial charge in [-0.15, -0.1) is 0 Å². The predicted octanol–water partition coefficient (Wildman–Crippen LogP) is 3.44. The first-order valence-electron chi connectivity index (χ1n) is 3.44. The monoisotopic (exact) mass is 508 g/mol. The van der Waals surface area contributed by atoms with Gasteiger partial charge in [-0.05, 0) is 79.9 Å². The van der Waals surface area contributed by atoms with Crippen molar-refractivity contribution in [3.63, 3.8) is 0 Å². The Morgan fingerprint density at radius 3 is 2.54 bits per heavy atom. The number of fused-ring (bicyclic) bond motifs is 1. The highest BCUT2D eigenvalue weighted by Gasteiger charge is 2.05. The zero-order valence-corrected chi connectivity index (χ0v) is 12.7. The Kier molecular flexibility index (Phi) is 3.23. The molecule has 0 saturated heterocycles. The summed E-state index contributed by atoms with van der Waals surface area (Å²) in [5, 5.41) is 1.16. The molecule has 0 aliphatic carbocycles. The van der Waals surface area contributed by atoms with Crippen molar-refractivity contribution >= 4 is 78.7 Å². The zero-order valence-electron chi connectivity index (χ0n) is 6.26. The molecule has 5 heteroatoms. The van der Waals surface area contributed by atoms with Gasteiger partial charge in [-0.1, -0.05) is 0 Å². The van der Waals surface area contributed by atoms with Crippen LogP contribution in [0.3, 0.4) is 0 Å². The van der Waals surface area contributed by atoms with Crippen LogP contribution in [0.25, 0.3) is 10.9 Å². The van der Waals surface area contributed by atoms with Crippen molar-refractivity contribution in [1.82, 2.24) is 9.97 Å². The van der Waals surface area contributed by atoms with Gasteiger partial charge in [0.25, 0.3) is 0 Å². The third-order valence-corrected chi connectivity index (χ3v) is 3.90. The van der Waals surface area contributed by atoms with Gasteiger partial charge in [0.1, 0.15) is 10.0 Å². The van der Waals surface area contributed by atoms with Gasteiger partial charge in [-0.3, -0.25) is 0 Å². The van der Waals surface area contributed by atoms with Gasteiger partial charge in [0.15, 0.2) is 0 Å². The number of aromatic nitrogens is 2. The second-order valence-corrected chi connectivity index (χ2v) is 5.88. The van der Waals surface area contributed by atoms with E-state index in [9.17, 15) is 0 Å². The summed E-state index contributed by atoms with van der Waals surface area (Å²) in [7, 11) is 0. The van der Waals surface area contributed by atoms with E-state index in [-0.39, 0.29) is 0 Å². The Bertz CT molecular complexity index is 470. The lowest BCUT2D eigenvalue weighted by molar-refractivity contribution is 1.19. The smallest absolute Gasteiger partial charge is 0.117 e. The van der Waals surface area contributed by atoms with Gasteiger partial charge in [0, 0.05) is 12.5 Å². The summed E-state index contributed by atoms with van der Waals surface area (Å²) in [4.78, 5) is 8.40. The fourth-order valence-electron chi connectivity index (χ4n) is 1.07. The van der Waals surface area contributed by atoms with Crippen LogP contribution < -0.4 is 0 Å². The lowest BCUT2D eigenvalue weighted by atomic mass is 10.2. The molecular formula is C8H3I3N2. The molecule has 2 rings (SSSR count). The number of hydrogen-bond acceptors (Lipinski definition) is 2. The summed E-state index contributed by atoms with van der Waals surface area (Å²) in [5.74, 6) is 0. The Labute approximate surface area is 116 Å². The normalized spacial score (nSPS) is 10.7. The molecule has 1 aromatic heterocycles. The van der Waals surface area contributed by atoms with E-state index in [4.69, 9.17) is 0 Å². The van der Waals surface area contributed by atoms with Crippen LogP contribution in [0.2, 0.25) is 0 Å². The Morgan fingerprint density at radius 1 is 1.00 bits per heavy atom. The van der Waals surface area contributed by atoms with E-state index in [1.54, 1.807) is 6.33 Å². The van der Waals surface area contributed by atoms with Crippen LogP contribution in [0.1, 0.15) is 0 Å². The van der Waals surface area contributed by atoms with Crippen molar-refractivity contribution in [1.29, 1.82) is 0 Å². The summed E-state index contributed by atoms with van der Waals surface area (Å²) < 4.78 is 3.44. The Hall–Kier alpha value is 0.750. The first kappa shape index (κ1) is 10.3. The van der Waals surface area contributed by atoms with Crippen LogP contribution in [0.15, 0.2) is 18.5 Å². The SMILES string of the molecule is Ic1cc(I)c2c(I)ncnc2c1. The minimum atomic E-state index is 1.02. The maximum absolute atomic E-state index is 4.24. The van der Waals surface area contributed by atoms with Crippen LogP contribution in [0.4, 0.5) is 0 Å². The molecule has 1 aromatic carbocycles. The van der Waals surface area contributed by atoms with Gasteiger partial charge < -0.3 is 0 Å². The lowest BCUT2D eigenvalue weighted by Crippen LogP contribution is -1.90. The van der Waals surface area contributed by atoms with Crippen molar-refractivity contribution in [3.8, 4) is 0 Å². The fraction of sp³-hybridized carbons (Fsp3) is 0. The maximum Gasteiger partial charge on any atom is 0.117 e. The third kappa shape index (κ3) is 2.06. The van der Waals surface area contributed by atoms with E-state index in [0.717, 1.165) is 14.6 Å². The van der Waals surface area contributed by atoms with Gasteiger partial charge >= 0.3 is 0 Å². The molecule has 0 atom stereocenters. The molecule has 0 fully saturated rings.